The minimum Gasteiger partial charge on any atom is -0.464 e. The lowest BCUT2D eigenvalue weighted by Gasteiger charge is -2.16. The normalized spacial score (nSPS) is 11.7. The summed E-state index contributed by atoms with van der Waals surface area (Å²) in [5, 5.41) is 3.30. The first-order valence-corrected chi connectivity index (χ1v) is 6.26. The number of esters is 1. The number of benzene rings is 1. The molecule has 0 aliphatic carbocycles. The van der Waals surface area contributed by atoms with Gasteiger partial charge in [0.15, 0.2) is 0 Å². The fourth-order valence-corrected chi connectivity index (χ4v) is 1.90. The van der Waals surface area contributed by atoms with Crippen LogP contribution in [-0.2, 0) is 4.74 Å². The van der Waals surface area contributed by atoms with Gasteiger partial charge in [0.2, 0.25) is 0 Å². The quantitative estimate of drug-likeness (QED) is 0.660. The summed E-state index contributed by atoms with van der Waals surface area (Å²) < 4.78 is 4.65. The average Bonchev–Trinajstić information content (AvgIpc) is 2.46. The number of carbonyl (C=O) groups is 1. The Bertz CT molecular complexity index is 614. The number of nitrogens with two attached hydrogens (primary N) is 1. The Hall–Kier alpha value is -2.56. The number of hydrogen-bond donors (Lipinski definition) is 2. The van der Waals surface area contributed by atoms with Crippen LogP contribution >= 0.6 is 0 Å². The van der Waals surface area contributed by atoms with Crippen LogP contribution in [-0.4, -0.2) is 18.1 Å². The van der Waals surface area contributed by atoms with E-state index in [9.17, 15) is 4.79 Å². The predicted octanol–water partition coefficient (Wildman–Crippen LogP) is 2.62. The van der Waals surface area contributed by atoms with Gasteiger partial charge in [-0.3, -0.25) is 0 Å². The van der Waals surface area contributed by atoms with Gasteiger partial charge in [0.05, 0.1) is 7.11 Å². The number of anilines is 2. The van der Waals surface area contributed by atoms with Gasteiger partial charge < -0.3 is 15.8 Å². The molecular weight excluding hydrogens is 254 g/mol. The van der Waals surface area contributed by atoms with Crippen LogP contribution in [0.5, 0.6) is 0 Å². The number of rotatable bonds is 4. The van der Waals surface area contributed by atoms with Crippen LogP contribution in [0.25, 0.3) is 0 Å². The van der Waals surface area contributed by atoms with Crippen molar-refractivity contribution < 1.29 is 9.53 Å². The Morgan fingerprint density at radius 2 is 2.15 bits per heavy atom. The first-order valence-electron chi connectivity index (χ1n) is 6.26. The molecule has 5 heteroatoms. The molecule has 0 saturated carbocycles. The number of nitrogen functional groups attached to an aromatic ring is 1. The van der Waals surface area contributed by atoms with Crippen molar-refractivity contribution in [3.05, 3.63) is 53.9 Å². The third-order valence-corrected chi connectivity index (χ3v) is 2.95. The van der Waals surface area contributed by atoms with Gasteiger partial charge in [-0.15, -0.1) is 0 Å². The topological polar surface area (TPSA) is 77.2 Å². The summed E-state index contributed by atoms with van der Waals surface area (Å²) in [5.74, 6) is -0.453. The maximum Gasteiger partial charge on any atom is 0.356 e. The first-order chi connectivity index (χ1) is 9.60. The second kappa shape index (κ2) is 6.06. The van der Waals surface area contributed by atoms with E-state index < -0.39 is 5.97 Å². The van der Waals surface area contributed by atoms with Gasteiger partial charge in [0, 0.05) is 23.6 Å². The van der Waals surface area contributed by atoms with Crippen LogP contribution < -0.4 is 11.1 Å². The maximum absolute atomic E-state index is 11.4. The van der Waals surface area contributed by atoms with Gasteiger partial charge >= 0.3 is 5.97 Å². The standard InChI is InChI=1S/C15H17N3O2/c1-10(11-4-3-5-12(16)8-11)18-13-6-7-17-14(9-13)15(19)20-2/h3-10H,16H2,1-2H3,(H,17,18). The predicted molar refractivity (Wildman–Crippen MR) is 78.5 cm³/mol. The van der Waals surface area contributed by atoms with Crippen LogP contribution in [0.1, 0.15) is 29.0 Å². The number of ether oxygens (including phenoxy) is 1. The Kier molecular flexibility index (Phi) is 4.20. The number of carbonyl (C=O) groups excluding carboxylic acids is 1. The molecule has 1 unspecified atom stereocenters. The smallest absolute Gasteiger partial charge is 0.356 e. The summed E-state index contributed by atoms with van der Waals surface area (Å²) in [6.45, 7) is 2.02. The molecule has 0 radical (unpaired) electrons. The second-order valence-electron chi connectivity index (χ2n) is 4.46. The highest BCUT2D eigenvalue weighted by molar-refractivity contribution is 5.88. The largest absolute Gasteiger partial charge is 0.464 e. The average molecular weight is 271 g/mol. The van der Waals surface area contributed by atoms with Gasteiger partial charge in [-0.05, 0) is 36.8 Å². The Morgan fingerprint density at radius 1 is 1.35 bits per heavy atom. The van der Waals surface area contributed by atoms with Crippen molar-refractivity contribution >= 4 is 17.3 Å². The molecular formula is C15H17N3O2. The van der Waals surface area contributed by atoms with Gasteiger partial charge in [0.1, 0.15) is 5.69 Å². The van der Waals surface area contributed by atoms with E-state index in [4.69, 9.17) is 5.73 Å². The monoisotopic (exact) mass is 271 g/mol. The molecule has 2 aromatic rings. The van der Waals surface area contributed by atoms with E-state index in [1.807, 2.05) is 31.2 Å². The summed E-state index contributed by atoms with van der Waals surface area (Å²) >= 11 is 0. The van der Waals surface area contributed by atoms with Gasteiger partial charge in [-0.1, -0.05) is 12.1 Å². The summed E-state index contributed by atoms with van der Waals surface area (Å²) in [4.78, 5) is 15.4. The molecule has 1 atom stereocenters. The highest BCUT2D eigenvalue weighted by atomic mass is 16.5. The number of nitrogens with zero attached hydrogens (tertiary/aromatic N) is 1. The maximum atomic E-state index is 11.4. The fourth-order valence-electron chi connectivity index (χ4n) is 1.90. The minimum atomic E-state index is -0.453. The Morgan fingerprint density at radius 3 is 2.85 bits per heavy atom. The Labute approximate surface area is 117 Å². The lowest BCUT2D eigenvalue weighted by atomic mass is 10.1. The molecule has 20 heavy (non-hydrogen) atoms. The second-order valence-corrected chi connectivity index (χ2v) is 4.46. The fraction of sp³-hybridized carbons (Fsp3) is 0.200. The first kappa shape index (κ1) is 13.9. The number of aromatic nitrogens is 1. The lowest BCUT2D eigenvalue weighted by molar-refractivity contribution is 0.0594. The van der Waals surface area contributed by atoms with Gasteiger partial charge in [-0.25, -0.2) is 9.78 Å². The molecule has 0 fully saturated rings. The third kappa shape index (κ3) is 3.26. The molecule has 0 spiro atoms. The van der Waals surface area contributed by atoms with Crippen molar-refractivity contribution in [3.63, 3.8) is 0 Å². The van der Waals surface area contributed by atoms with Crippen molar-refractivity contribution in [1.29, 1.82) is 0 Å². The molecule has 0 aliphatic heterocycles. The molecule has 0 amide bonds. The minimum absolute atomic E-state index is 0.0615. The highest BCUT2D eigenvalue weighted by Gasteiger charge is 2.10. The van der Waals surface area contributed by atoms with E-state index in [1.54, 1.807) is 18.3 Å². The molecule has 2 rings (SSSR count). The third-order valence-electron chi connectivity index (χ3n) is 2.95. The molecule has 0 bridgehead atoms. The molecule has 0 aliphatic rings. The number of hydrogen-bond acceptors (Lipinski definition) is 5. The Balaban J connectivity index is 2.15. The molecule has 104 valence electrons. The van der Waals surface area contributed by atoms with Crippen LogP contribution in [0.2, 0.25) is 0 Å². The van der Waals surface area contributed by atoms with Gasteiger partial charge in [-0.2, -0.15) is 0 Å². The number of pyridine rings is 1. The summed E-state index contributed by atoms with van der Waals surface area (Å²) in [7, 11) is 1.33. The summed E-state index contributed by atoms with van der Waals surface area (Å²) in [5.41, 5.74) is 8.64. The molecule has 5 nitrogen and oxygen atoms in total. The van der Waals surface area contributed by atoms with Crippen molar-refractivity contribution in [1.82, 2.24) is 4.98 Å². The molecule has 1 heterocycles. The van der Waals surface area contributed by atoms with E-state index >= 15 is 0 Å². The van der Waals surface area contributed by atoms with Crippen molar-refractivity contribution in [2.24, 2.45) is 0 Å². The van der Waals surface area contributed by atoms with E-state index in [0.29, 0.717) is 0 Å². The SMILES string of the molecule is COC(=O)c1cc(NC(C)c2cccc(N)c2)ccn1. The van der Waals surface area contributed by atoms with E-state index in [1.165, 1.54) is 7.11 Å². The van der Waals surface area contributed by atoms with Crippen LogP contribution in [0.15, 0.2) is 42.6 Å². The van der Waals surface area contributed by atoms with E-state index in [0.717, 1.165) is 16.9 Å². The van der Waals surface area contributed by atoms with Crippen molar-refractivity contribution in [2.75, 3.05) is 18.2 Å². The van der Waals surface area contributed by atoms with Crippen LogP contribution in [0.3, 0.4) is 0 Å². The zero-order valence-corrected chi connectivity index (χ0v) is 11.5. The number of nitrogens with one attached hydrogen (secondary N) is 1. The van der Waals surface area contributed by atoms with Crippen molar-refractivity contribution in [2.45, 2.75) is 13.0 Å². The van der Waals surface area contributed by atoms with E-state index in [-0.39, 0.29) is 11.7 Å². The van der Waals surface area contributed by atoms with Crippen LogP contribution in [0, 0.1) is 0 Å². The van der Waals surface area contributed by atoms with E-state index in [2.05, 4.69) is 15.0 Å². The summed E-state index contributed by atoms with van der Waals surface area (Å²) in [6, 6.07) is 11.2. The molecule has 1 aromatic heterocycles. The highest BCUT2D eigenvalue weighted by Crippen LogP contribution is 2.21. The van der Waals surface area contributed by atoms with Crippen molar-refractivity contribution in [3.8, 4) is 0 Å². The number of methoxy groups -OCH3 is 1. The zero-order valence-electron chi connectivity index (χ0n) is 11.5. The molecule has 3 N–H and O–H groups in total. The van der Waals surface area contributed by atoms with Crippen LogP contribution in [0.4, 0.5) is 11.4 Å². The zero-order chi connectivity index (χ0) is 14.5. The lowest BCUT2D eigenvalue weighted by Crippen LogP contribution is -2.09. The molecule has 0 saturated heterocycles. The molecule has 1 aromatic carbocycles. The summed E-state index contributed by atoms with van der Waals surface area (Å²) in [6.07, 6.45) is 1.57. The van der Waals surface area contributed by atoms with Gasteiger partial charge in [0.25, 0.3) is 0 Å².